The van der Waals surface area contributed by atoms with E-state index in [9.17, 15) is 14.4 Å². The predicted molar refractivity (Wildman–Crippen MR) is 98.9 cm³/mol. The van der Waals surface area contributed by atoms with Gasteiger partial charge < -0.3 is 10.1 Å². The fraction of sp³-hybridized carbons (Fsp3) is 0.111. The number of halogens is 2. The lowest BCUT2D eigenvalue weighted by atomic mass is 10.1. The Morgan fingerprint density at radius 3 is 2.79 bits per heavy atom. The molecular formula is C18H14FIN2O2. The van der Waals surface area contributed by atoms with E-state index in [0.29, 0.717) is 17.9 Å². The van der Waals surface area contributed by atoms with Crippen LogP contribution in [-0.4, -0.2) is 12.5 Å². The van der Waals surface area contributed by atoms with Crippen LogP contribution in [0.1, 0.15) is 12.5 Å². The summed E-state index contributed by atoms with van der Waals surface area (Å²) in [4.78, 5) is 12.2. The van der Waals surface area contributed by atoms with E-state index in [4.69, 9.17) is 4.74 Å². The average Bonchev–Trinajstić information content (AvgIpc) is 2.54. The molecule has 0 saturated carbocycles. The molecule has 0 heterocycles. The van der Waals surface area contributed by atoms with Crippen molar-refractivity contribution in [1.82, 2.24) is 0 Å². The van der Waals surface area contributed by atoms with E-state index in [2.05, 4.69) is 27.9 Å². The van der Waals surface area contributed by atoms with Gasteiger partial charge in [0.25, 0.3) is 5.91 Å². The highest BCUT2D eigenvalue weighted by Gasteiger charge is 2.12. The predicted octanol–water partition coefficient (Wildman–Crippen LogP) is 4.37. The summed E-state index contributed by atoms with van der Waals surface area (Å²) in [6.45, 7) is 2.39. The molecule has 0 unspecified atom stereocenters. The van der Waals surface area contributed by atoms with Crippen LogP contribution in [0.5, 0.6) is 5.75 Å². The van der Waals surface area contributed by atoms with Crippen LogP contribution in [0.15, 0.2) is 48.0 Å². The molecule has 0 radical (unpaired) electrons. The standard InChI is InChI=1S/C18H14FIN2O2/c1-2-24-15-9-12(8-14(20)10-15)7-13(11-21)18(23)22-17-6-4-3-5-16(17)19/h3-10H,2H2,1H3,(H,22,23)/b13-7+. The number of hydrogen-bond acceptors (Lipinski definition) is 3. The Hall–Kier alpha value is -2.40. The lowest BCUT2D eigenvalue weighted by Crippen LogP contribution is -2.14. The fourth-order valence-corrected chi connectivity index (χ4v) is 2.65. The summed E-state index contributed by atoms with van der Waals surface area (Å²) in [6, 6.07) is 13.0. The van der Waals surface area contributed by atoms with Gasteiger partial charge in [0.05, 0.1) is 12.3 Å². The summed E-state index contributed by atoms with van der Waals surface area (Å²) in [5, 5.41) is 11.6. The first-order chi connectivity index (χ1) is 11.5. The van der Waals surface area contributed by atoms with Crippen LogP contribution in [-0.2, 0) is 4.79 Å². The van der Waals surface area contributed by atoms with Gasteiger partial charge in [-0.1, -0.05) is 12.1 Å². The zero-order chi connectivity index (χ0) is 17.5. The maximum Gasteiger partial charge on any atom is 0.266 e. The Balaban J connectivity index is 2.27. The lowest BCUT2D eigenvalue weighted by molar-refractivity contribution is -0.112. The fourth-order valence-electron chi connectivity index (χ4n) is 1.99. The van der Waals surface area contributed by atoms with Gasteiger partial charge in [-0.05, 0) is 71.5 Å². The number of carbonyl (C=O) groups is 1. The van der Waals surface area contributed by atoms with Crippen LogP contribution < -0.4 is 10.1 Å². The molecule has 1 N–H and O–H groups in total. The number of para-hydroxylation sites is 1. The van der Waals surface area contributed by atoms with Gasteiger partial charge in [-0.25, -0.2) is 4.39 Å². The number of nitrogens with zero attached hydrogens (tertiary/aromatic N) is 1. The molecule has 0 saturated heterocycles. The minimum absolute atomic E-state index is 0.0290. The molecule has 0 aromatic heterocycles. The molecule has 6 heteroatoms. The molecule has 1 amide bonds. The highest BCUT2D eigenvalue weighted by molar-refractivity contribution is 14.1. The highest BCUT2D eigenvalue weighted by atomic mass is 127. The SMILES string of the molecule is CCOc1cc(I)cc(/C=C(\C#N)C(=O)Nc2ccccc2F)c1. The Labute approximate surface area is 153 Å². The van der Waals surface area contributed by atoms with Crippen molar-refractivity contribution in [3.05, 3.63) is 63.0 Å². The van der Waals surface area contributed by atoms with Crippen molar-refractivity contribution in [2.75, 3.05) is 11.9 Å². The normalized spacial score (nSPS) is 10.8. The van der Waals surface area contributed by atoms with Crippen molar-refractivity contribution < 1.29 is 13.9 Å². The second-order valence-corrected chi connectivity index (χ2v) is 6.00. The molecule has 2 rings (SSSR count). The first kappa shape index (κ1) is 17.9. The van der Waals surface area contributed by atoms with Crippen LogP contribution in [0.3, 0.4) is 0 Å². The van der Waals surface area contributed by atoms with Crippen molar-refractivity contribution in [2.24, 2.45) is 0 Å². The molecule has 0 aliphatic rings. The Morgan fingerprint density at radius 2 is 2.12 bits per heavy atom. The second kappa shape index (κ2) is 8.45. The quantitative estimate of drug-likeness (QED) is 0.430. The number of nitriles is 1. The zero-order valence-corrected chi connectivity index (χ0v) is 15.0. The van der Waals surface area contributed by atoms with E-state index in [-0.39, 0.29) is 11.3 Å². The third-order valence-corrected chi connectivity index (χ3v) is 3.63. The van der Waals surface area contributed by atoms with Gasteiger partial charge in [0.15, 0.2) is 0 Å². The van der Waals surface area contributed by atoms with Crippen molar-refractivity contribution in [3.63, 3.8) is 0 Å². The molecule has 0 bridgehead atoms. The molecule has 24 heavy (non-hydrogen) atoms. The van der Waals surface area contributed by atoms with E-state index < -0.39 is 11.7 Å². The zero-order valence-electron chi connectivity index (χ0n) is 12.8. The third kappa shape index (κ3) is 4.80. The van der Waals surface area contributed by atoms with Crippen molar-refractivity contribution in [3.8, 4) is 11.8 Å². The number of hydrogen-bond donors (Lipinski definition) is 1. The molecule has 2 aromatic rings. The van der Waals surface area contributed by atoms with E-state index in [1.165, 1.54) is 24.3 Å². The molecule has 0 atom stereocenters. The molecule has 0 aliphatic heterocycles. The molecule has 4 nitrogen and oxygen atoms in total. The van der Waals surface area contributed by atoms with E-state index in [1.807, 2.05) is 25.1 Å². The molecule has 122 valence electrons. The van der Waals surface area contributed by atoms with Gasteiger partial charge >= 0.3 is 0 Å². The minimum Gasteiger partial charge on any atom is -0.494 e. The summed E-state index contributed by atoms with van der Waals surface area (Å²) in [7, 11) is 0. The smallest absolute Gasteiger partial charge is 0.266 e. The Bertz CT molecular complexity index is 828. The van der Waals surface area contributed by atoms with Gasteiger partial charge in [-0.3, -0.25) is 4.79 Å². The Morgan fingerprint density at radius 1 is 1.38 bits per heavy atom. The summed E-state index contributed by atoms with van der Waals surface area (Å²) >= 11 is 2.13. The third-order valence-electron chi connectivity index (χ3n) is 3.00. The first-order valence-corrected chi connectivity index (χ1v) is 8.22. The van der Waals surface area contributed by atoms with Gasteiger partial charge in [0.2, 0.25) is 0 Å². The maximum atomic E-state index is 13.6. The van der Waals surface area contributed by atoms with Crippen molar-refractivity contribution in [1.29, 1.82) is 5.26 Å². The van der Waals surface area contributed by atoms with Gasteiger partial charge in [0.1, 0.15) is 23.2 Å². The largest absolute Gasteiger partial charge is 0.494 e. The monoisotopic (exact) mass is 436 g/mol. The van der Waals surface area contributed by atoms with Gasteiger partial charge in [-0.15, -0.1) is 0 Å². The summed E-state index contributed by atoms with van der Waals surface area (Å²) < 4.78 is 20.0. The minimum atomic E-state index is -0.667. The molecule has 0 spiro atoms. The number of carbonyl (C=O) groups excluding carboxylic acids is 1. The number of ether oxygens (including phenoxy) is 1. The number of benzene rings is 2. The average molecular weight is 436 g/mol. The summed E-state index contributed by atoms with van der Waals surface area (Å²) in [6.07, 6.45) is 1.45. The topological polar surface area (TPSA) is 62.1 Å². The molecule has 0 fully saturated rings. The van der Waals surface area contributed by atoms with Crippen molar-refractivity contribution in [2.45, 2.75) is 6.92 Å². The van der Waals surface area contributed by atoms with Crippen molar-refractivity contribution >= 4 is 40.3 Å². The second-order valence-electron chi connectivity index (χ2n) is 4.76. The van der Waals surface area contributed by atoms with Crippen LogP contribution in [0, 0.1) is 20.7 Å². The molecule has 0 aliphatic carbocycles. The van der Waals surface area contributed by atoms with E-state index in [1.54, 1.807) is 12.1 Å². The Kier molecular flexibility index (Phi) is 6.32. The number of nitrogens with one attached hydrogen (secondary N) is 1. The first-order valence-electron chi connectivity index (χ1n) is 7.14. The van der Waals surface area contributed by atoms with Gasteiger partial charge in [-0.2, -0.15) is 5.26 Å². The molecule has 2 aromatic carbocycles. The number of rotatable bonds is 5. The lowest BCUT2D eigenvalue weighted by Gasteiger charge is -2.07. The summed E-state index contributed by atoms with van der Waals surface area (Å²) in [5.41, 5.74) is 0.564. The van der Waals surface area contributed by atoms with Crippen LogP contribution in [0.25, 0.3) is 6.08 Å². The van der Waals surface area contributed by atoms with Crippen LogP contribution in [0.4, 0.5) is 10.1 Å². The number of anilines is 1. The highest BCUT2D eigenvalue weighted by Crippen LogP contribution is 2.21. The number of amides is 1. The van der Waals surface area contributed by atoms with Crippen LogP contribution in [0.2, 0.25) is 0 Å². The maximum absolute atomic E-state index is 13.6. The molecular weight excluding hydrogens is 422 g/mol. The van der Waals surface area contributed by atoms with Crippen LogP contribution >= 0.6 is 22.6 Å². The van der Waals surface area contributed by atoms with E-state index >= 15 is 0 Å². The summed E-state index contributed by atoms with van der Waals surface area (Å²) in [5.74, 6) is -0.571. The van der Waals surface area contributed by atoms with Gasteiger partial charge in [0, 0.05) is 3.57 Å². The van der Waals surface area contributed by atoms with E-state index in [0.717, 1.165) is 3.57 Å².